The van der Waals surface area contributed by atoms with Crippen LogP contribution in [0.25, 0.3) is 6.08 Å². The first-order valence-corrected chi connectivity index (χ1v) is 9.97. The summed E-state index contributed by atoms with van der Waals surface area (Å²) in [6.07, 6.45) is 0.784. The number of carbonyl (C=O) groups excluding carboxylic acids is 1. The van der Waals surface area contributed by atoms with E-state index in [2.05, 4.69) is 25.8 Å². The molecule has 0 bridgehead atoms. The number of halogens is 3. The van der Waals surface area contributed by atoms with Crippen molar-refractivity contribution in [3.8, 4) is 0 Å². The summed E-state index contributed by atoms with van der Waals surface area (Å²) in [5.41, 5.74) is 2.04. The average Bonchev–Trinajstić information content (AvgIpc) is 3.37. The number of aromatic nitrogens is 3. The third kappa shape index (κ3) is 5.32. The molecular weight excluding hydrogens is 423 g/mol. The van der Waals surface area contributed by atoms with Gasteiger partial charge in [-0.25, -0.2) is 4.98 Å². The maximum absolute atomic E-state index is 12.7. The number of alkyl halides is 3. The Morgan fingerprint density at radius 2 is 2.09 bits per heavy atom. The fourth-order valence-electron chi connectivity index (χ4n) is 3.50. The van der Waals surface area contributed by atoms with Gasteiger partial charge >= 0.3 is 18.0 Å². The topological polar surface area (TPSA) is 92.9 Å². The molecule has 2 N–H and O–H groups in total. The van der Waals surface area contributed by atoms with Crippen LogP contribution in [0.5, 0.6) is 0 Å². The zero-order valence-electron chi connectivity index (χ0n) is 17.1. The number of nitrogens with one attached hydrogen (secondary N) is 2. The zero-order chi connectivity index (χ0) is 22.7. The summed E-state index contributed by atoms with van der Waals surface area (Å²) in [6, 6.07) is 9.76. The minimum Gasteiger partial charge on any atom is -0.345 e. The number of hydrogen-bond donors (Lipinski definition) is 2. The number of carbonyl (C=O) groups is 1. The number of amides is 1. The standard InChI is InChI=1S/C22H20F3N5O2/c1-13-27-21(32-30-13)20(31)29-18-7-5-15(11-18)9-14-3-2-4-17(10-14)28-19-8-6-16(12-26-19)22(23,24)25/h2-4,6,8-10,12,18H,5,7,11H2,1H3,(H,26,28)(H,29,31)/b15-9+. The summed E-state index contributed by atoms with van der Waals surface area (Å²) in [5.74, 6) is 0.299. The number of anilines is 2. The Kier molecular flexibility index (Phi) is 5.93. The Labute approximate surface area is 181 Å². The molecule has 0 saturated heterocycles. The average molecular weight is 443 g/mol. The van der Waals surface area contributed by atoms with E-state index in [0.717, 1.165) is 30.7 Å². The summed E-state index contributed by atoms with van der Waals surface area (Å²) in [4.78, 5) is 19.9. The maximum atomic E-state index is 12.7. The van der Waals surface area contributed by atoms with Gasteiger partial charge in [-0.05, 0) is 56.0 Å². The second-order valence-corrected chi connectivity index (χ2v) is 7.54. The minimum atomic E-state index is -4.42. The summed E-state index contributed by atoms with van der Waals surface area (Å²) in [5, 5.41) is 9.54. The van der Waals surface area contributed by atoms with Gasteiger partial charge in [0.1, 0.15) is 5.82 Å². The smallest absolute Gasteiger partial charge is 0.345 e. The van der Waals surface area contributed by atoms with Crippen LogP contribution in [0.1, 0.15) is 46.9 Å². The molecule has 166 valence electrons. The Morgan fingerprint density at radius 3 is 2.78 bits per heavy atom. The third-order valence-electron chi connectivity index (χ3n) is 5.00. The fraction of sp³-hybridized carbons (Fsp3) is 0.273. The van der Waals surface area contributed by atoms with Crippen molar-refractivity contribution in [2.75, 3.05) is 5.32 Å². The molecule has 10 heteroatoms. The summed E-state index contributed by atoms with van der Waals surface area (Å²) >= 11 is 0. The number of hydrogen-bond acceptors (Lipinski definition) is 6. The molecule has 1 aliphatic rings. The van der Waals surface area contributed by atoms with Crippen molar-refractivity contribution < 1.29 is 22.5 Å². The van der Waals surface area contributed by atoms with Crippen molar-refractivity contribution in [2.24, 2.45) is 0 Å². The van der Waals surface area contributed by atoms with Gasteiger partial charge in [0.15, 0.2) is 5.82 Å². The molecule has 2 aromatic heterocycles. The molecule has 1 unspecified atom stereocenters. The number of pyridine rings is 1. The van der Waals surface area contributed by atoms with Gasteiger partial charge in [-0.15, -0.1) is 0 Å². The molecule has 1 saturated carbocycles. The fourth-order valence-corrected chi connectivity index (χ4v) is 3.50. The van der Waals surface area contributed by atoms with Crippen molar-refractivity contribution in [3.05, 3.63) is 71.0 Å². The second kappa shape index (κ2) is 8.81. The van der Waals surface area contributed by atoms with E-state index in [1.54, 1.807) is 6.92 Å². The number of benzene rings is 1. The Morgan fingerprint density at radius 1 is 1.25 bits per heavy atom. The molecule has 1 atom stereocenters. The molecule has 2 heterocycles. The zero-order valence-corrected chi connectivity index (χ0v) is 17.1. The molecule has 0 spiro atoms. The molecule has 1 aromatic carbocycles. The van der Waals surface area contributed by atoms with Gasteiger partial charge in [0.2, 0.25) is 0 Å². The molecule has 7 nitrogen and oxygen atoms in total. The molecule has 1 aliphatic carbocycles. The van der Waals surface area contributed by atoms with Crippen LogP contribution < -0.4 is 10.6 Å². The van der Waals surface area contributed by atoms with E-state index >= 15 is 0 Å². The van der Waals surface area contributed by atoms with E-state index in [1.807, 2.05) is 30.3 Å². The van der Waals surface area contributed by atoms with E-state index < -0.39 is 11.7 Å². The summed E-state index contributed by atoms with van der Waals surface area (Å²) in [7, 11) is 0. The highest BCUT2D eigenvalue weighted by molar-refractivity contribution is 5.89. The minimum absolute atomic E-state index is 0.0152. The van der Waals surface area contributed by atoms with Gasteiger partial charge in [-0.1, -0.05) is 28.9 Å². The van der Waals surface area contributed by atoms with Gasteiger partial charge < -0.3 is 15.2 Å². The van der Waals surface area contributed by atoms with Gasteiger partial charge in [0.25, 0.3) is 0 Å². The van der Waals surface area contributed by atoms with Gasteiger partial charge in [0, 0.05) is 17.9 Å². The summed E-state index contributed by atoms with van der Waals surface area (Å²) in [6.45, 7) is 1.65. The van der Waals surface area contributed by atoms with Gasteiger partial charge in [0.05, 0.1) is 5.56 Å². The van der Waals surface area contributed by atoms with Crippen molar-refractivity contribution in [1.82, 2.24) is 20.4 Å². The Bertz CT molecular complexity index is 1140. The van der Waals surface area contributed by atoms with Crippen LogP contribution in [0.3, 0.4) is 0 Å². The third-order valence-corrected chi connectivity index (χ3v) is 5.00. The highest BCUT2D eigenvalue weighted by Gasteiger charge is 2.30. The first kappa shape index (κ1) is 21.5. The SMILES string of the molecule is Cc1noc(C(=O)NC2CC/C(=C\c3cccc(Nc4ccc(C(F)(F)F)cn4)c3)C2)n1. The van der Waals surface area contributed by atoms with Crippen LogP contribution >= 0.6 is 0 Å². The molecule has 1 fully saturated rings. The lowest BCUT2D eigenvalue weighted by Crippen LogP contribution is -2.32. The van der Waals surface area contributed by atoms with Crippen molar-refractivity contribution in [1.29, 1.82) is 0 Å². The van der Waals surface area contributed by atoms with E-state index in [9.17, 15) is 18.0 Å². The number of rotatable bonds is 5. The lowest BCUT2D eigenvalue weighted by molar-refractivity contribution is -0.137. The van der Waals surface area contributed by atoms with Gasteiger partial charge in [-0.3, -0.25) is 4.79 Å². The maximum Gasteiger partial charge on any atom is 0.417 e. The van der Waals surface area contributed by atoms with E-state index in [4.69, 9.17) is 4.52 Å². The van der Waals surface area contributed by atoms with Crippen LogP contribution in [0.15, 0.2) is 52.7 Å². The predicted octanol–water partition coefficient (Wildman–Crippen LogP) is 4.90. The van der Waals surface area contributed by atoms with Gasteiger partial charge in [-0.2, -0.15) is 18.2 Å². The van der Waals surface area contributed by atoms with Crippen molar-refractivity contribution in [2.45, 2.75) is 38.4 Å². The Balaban J connectivity index is 1.37. The lowest BCUT2D eigenvalue weighted by atomic mass is 10.1. The predicted molar refractivity (Wildman–Crippen MR) is 111 cm³/mol. The molecule has 1 amide bonds. The number of nitrogens with zero attached hydrogens (tertiary/aromatic N) is 3. The largest absolute Gasteiger partial charge is 0.417 e. The van der Waals surface area contributed by atoms with Crippen LogP contribution in [-0.2, 0) is 6.18 Å². The monoisotopic (exact) mass is 443 g/mol. The Hall–Kier alpha value is -3.69. The van der Waals surface area contributed by atoms with Crippen molar-refractivity contribution >= 4 is 23.5 Å². The van der Waals surface area contributed by atoms with E-state index in [1.165, 1.54) is 11.6 Å². The molecular formula is C22H20F3N5O2. The van der Waals surface area contributed by atoms with E-state index in [-0.39, 0.29) is 17.8 Å². The normalized spacial score (nSPS) is 17.5. The molecule has 0 aliphatic heterocycles. The van der Waals surface area contributed by atoms with Crippen LogP contribution in [0, 0.1) is 6.92 Å². The highest BCUT2D eigenvalue weighted by Crippen LogP contribution is 2.30. The molecule has 32 heavy (non-hydrogen) atoms. The molecule has 4 rings (SSSR count). The second-order valence-electron chi connectivity index (χ2n) is 7.54. The van der Waals surface area contributed by atoms with Crippen LogP contribution in [-0.4, -0.2) is 27.1 Å². The van der Waals surface area contributed by atoms with Crippen LogP contribution in [0.2, 0.25) is 0 Å². The van der Waals surface area contributed by atoms with Crippen molar-refractivity contribution in [3.63, 3.8) is 0 Å². The molecule has 3 aromatic rings. The van der Waals surface area contributed by atoms with Crippen LogP contribution in [0.4, 0.5) is 24.7 Å². The first-order chi connectivity index (χ1) is 15.3. The van der Waals surface area contributed by atoms with E-state index in [0.29, 0.717) is 23.8 Å². The number of aryl methyl sites for hydroxylation is 1. The first-order valence-electron chi connectivity index (χ1n) is 9.97. The summed E-state index contributed by atoms with van der Waals surface area (Å²) < 4.78 is 42.9. The highest BCUT2D eigenvalue weighted by atomic mass is 19.4. The molecule has 0 radical (unpaired) electrons. The lowest BCUT2D eigenvalue weighted by Gasteiger charge is -2.10. The quantitative estimate of drug-likeness (QED) is 0.583.